The number of nitrogens with zero attached hydrogens (tertiary/aromatic N) is 3. The lowest BCUT2D eigenvalue weighted by Crippen LogP contribution is -2.24. The minimum absolute atomic E-state index is 0.201. The number of benzene rings is 2. The smallest absolute Gasteiger partial charge is 0.281 e. The van der Waals surface area contributed by atoms with Gasteiger partial charge in [-0.25, -0.2) is 18.7 Å². The van der Waals surface area contributed by atoms with E-state index in [0.717, 1.165) is 17.7 Å². The number of fused-ring (bicyclic) bond motifs is 1. The van der Waals surface area contributed by atoms with Crippen molar-refractivity contribution in [1.29, 1.82) is 0 Å². The molecule has 0 unspecified atom stereocenters. The number of thiazole rings is 1. The molecule has 0 aliphatic carbocycles. The topological polar surface area (TPSA) is 57.0 Å². The molecule has 0 saturated carbocycles. The van der Waals surface area contributed by atoms with Crippen LogP contribution in [0.25, 0.3) is 21.7 Å². The van der Waals surface area contributed by atoms with E-state index < -0.39 is 11.6 Å². The van der Waals surface area contributed by atoms with Gasteiger partial charge in [-0.15, -0.1) is 0 Å². The molecule has 9 heteroatoms. The van der Waals surface area contributed by atoms with Crippen molar-refractivity contribution in [3.05, 3.63) is 70.0 Å². The van der Waals surface area contributed by atoms with E-state index in [9.17, 15) is 13.6 Å². The van der Waals surface area contributed by atoms with E-state index in [4.69, 9.17) is 4.74 Å². The summed E-state index contributed by atoms with van der Waals surface area (Å²) in [5.74, 6) is -1.00. The summed E-state index contributed by atoms with van der Waals surface area (Å²) >= 11 is 2.71. The van der Waals surface area contributed by atoms with Gasteiger partial charge in [0.1, 0.15) is 11.6 Å². The van der Waals surface area contributed by atoms with Gasteiger partial charge in [0.25, 0.3) is 5.56 Å². The van der Waals surface area contributed by atoms with Crippen LogP contribution in [-0.4, -0.2) is 27.9 Å². The van der Waals surface area contributed by atoms with Crippen molar-refractivity contribution in [2.45, 2.75) is 10.9 Å². The molecule has 0 aliphatic rings. The Labute approximate surface area is 173 Å². The maximum absolute atomic E-state index is 13.9. The van der Waals surface area contributed by atoms with Gasteiger partial charge in [0.2, 0.25) is 0 Å². The van der Waals surface area contributed by atoms with Crippen LogP contribution in [0.4, 0.5) is 8.78 Å². The third kappa shape index (κ3) is 3.75. The van der Waals surface area contributed by atoms with Crippen LogP contribution in [0.2, 0.25) is 0 Å². The lowest BCUT2D eigenvalue weighted by Gasteiger charge is -2.13. The van der Waals surface area contributed by atoms with Gasteiger partial charge in [0.15, 0.2) is 26.3 Å². The molecule has 0 bridgehead atoms. The van der Waals surface area contributed by atoms with Gasteiger partial charge in [-0.05, 0) is 42.2 Å². The highest BCUT2D eigenvalue weighted by atomic mass is 32.2. The third-order valence-corrected chi connectivity index (χ3v) is 6.29. The zero-order valence-corrected chi connectivity index (χ0v) is 17.1. The van der Waals surface area contributed by atoms with Crippen LogP contribution in [0.1, 0.15) is 5.56 Å². The Hall–Kier alpha value is -2.78. The molecule has 0 amide bonds. The Kier molecular flexibility index (Phi) is 5.33. The van der Waals surface area contributed by atoms with Crippen molar-refractivity contribution in [3.63, 3.8) is 0 Å². The molecule has 4 rings (SSSR count). The number of aromatic nitrogens is 3. The second-order valence-electron chi connectivity index (χ2n) is 6.14. The maximum atomic E-state index is 13.9. The first-order valence-corrected chi connectivity index (χ1v) is 10.6. The SMILES string of the molecule is COc1ccc(Cn2c(-c3ccc(F)c(F)c3)nc3sc(SC)nc3c2=O)cc1. The monoisotopic (exact) mass is 431 g/mol. The Morgan fingerprint density at radius 3 is 2.52 bits per heavy atom. The number of hydrogen-bond acceptors (Lipinski definition) is 6. The molecule has 0 aliphatic heterocycles. The molecular formula is C20H15F2N3O2S2. The van der Waals surface area contributed by atoms with Crippen molar-refractivity contribution >= 4 is 33.4 Å². The summed E-state index contributed by atoms with van der Waals surface area (Å²) < 4.78 is 34.6. The molecule has 0 N–H and O–H groups in total. The molecule has 0 atom stereocenters. The van der Waals surface area contributed by atoms with Crippen LogP contribution in [-0.2, 0) is 6.54 Å². The van der Waals surface area contributed by atoms with Gasteiger partial charge in [-0.3, -0.25) is 9.36 Å². The Bertz CT molecular complexity index is 1250. The van der Waals surface area contributed by atoms with Gasteiger partial charge in [-0.1, -0.05) is 35.2 Å². The van der Waals surface area contributed by atoms with Crippen LogP contribution < -0.4 is 10.3 Å². The summed E-state index contributed by atoms with van der Waals surface area (Å²) in [6, 6.07) is 10.7. The molecule has 2 heterocycles. The zero-order chi connectivity index (χ0) is 20.5. The van der Waals surface area contributed by atoms with Crippen molar-refractivity contribution in [2.75, 3.05) is 13.4 Å². The molecule has 5 nitrogen and oxygen atoms in total. The highest BCUT2D eigenvalue weighted by molar-refractivity contribution is 8.00. The average molecular weight is 431 g/mol. The van der Waals surface area contributed by atoms with Crippen LogP contribution in [0, 0.1) is 11.6 Å². The van der Waals surface area contributed by atoms with Crippen molar-refractivity contribution in [3.8, 4) is 17.1 Å². The Morgan fingerprint density at radius 2 is 1.86 bits per heavy atom. The average Bonchev–Trinajstić information content (AvgIpc) is 3.16. The first kappa shape index (κ1) is 19.5. The second-order valence-corrected chi connectivity index (χ2v) is 8.17. The summed E-state index contributed by atoms with van der Waals surface area (Å²) in [6.45, 7) is 0.201. The molecular weight excluding hydrogens is 416 g/mol. The lowest BCUT2D eigenvalue weighted by atomic mass is 10.1. The quantitative estimate of drug-likeness (QED) is 0.433. The number of methoxy groups -OCH3 is 1. The molecule has 0 saturated heterocycles. The van der Waals surface area contributed by atoms with E-state index in [1.807, 2.05) is 18.4 Å². The summed E-state index contributed by atoms with van der Waals surface area (Å²) in [4.78, 5) is 22.6. The second kappa shape index (κ2) is 7.92. The summed E-state index contributed by atoms with van der Waals surface area (Å²) in [6.07, 6.45) is 1.86. The zero-order valence-electron chi connectivity index (χ0n) is 15.5. The minimum Gasteiger partial charge on any atom is -0.497 e. The predicted octanol–water partition coefficient (Wildman–Crippen LogP) is 4.58. The number of halogens is 2. The fraction of sp³-hybridized carbons (Fsp3) is 0.150. The van der Waals surface area contributed by atoms with Gasteiger partial charge < -0.3 is 4.74 Å². The predicted molar refractivity (Wildman–Crippen MR) is 111 cm³/mol. The van der Waals surface area contributed by atoms with E-state index in [1.165, 1.54) is 33.7 Å². The van der Waals surface area contributed by atoms with Crippen LogP contribution >= 0.6 is 23.1 Å². The molecule has 0 radical (unpaired) electrons. The van der Waals surface area contributed by atoms with Crippen molar-refractivity contribution in [2.24, 2.45) is 0 Å². The molecule has 2 aromatic heterocycles. The Morgan fingerprint density at radius 1 is 1.10 bits per heavy atom. The van der Waals surface area contributed by atoms with Crippen LogP contribution in [0.3, 0.4) is 0 Å². The molecule has 2 aromatic carbocycles. The summed E-state index contributed by atoms with van der Waals surface area (Å²) in [5.41, 5.74) is 1.08. The first-order chi connectivity index (χ1) is 14.0. The van der Waals surface area contributed by atoms with Gasteiger partial charge >= 0.3 is 0 Å². The summed E-state index contributed by atoms with van der Waals surface area (Å²) in [5, 5.41) is 0. The highest BCUT2D eigenvalue weighted by Gasteiger charge is 2.18. The van der Waals surface area contributed by atoms with E-state index in [1.54, 1.807) is 19.2 Å². The standard InChI is InChI=1S/C20H15F2N3O2S2/c1-27-13-6-3-11(4-7-13)10-25-17(12-5-8-14(21)15(22)9-12)24-18-16(19(25)26)23-20(28-2)29-18/h3-9H,10H2,1-2H3. The van der Waals surface area contributed by atoms with E-state index >= 15 is 0 Å². The van der Waals surface area contributed by atoms with Crippen LogP contribution in [0.15, 0.2) is 51.6 Å². The normalized spacial score (nSPS) is 11.2. The molecule has 4 aromatic rings. The minimum atomic E-state index is -0.998. The fourth-order valence-electron chi connectivity index (χ4n) is 2.89. The third-order valence-electron chi connectivity index (χ3n) is 4.35. The van der Waals surface area contributed by atoms with E-state index in [0.29, 0.717) is 20.5 Å². The first-order valence-electron chi connectivity index (χ1n) is 8.54. The molecule has 0 fully saturated rings. The lowest BCUT2D eigenvalue weighted by molar-refractivity contribution is 0.414. The van der Waals surface area contributed by atoms with Crippen LogP contribution in [0.5, 0.6) is 5.75 Å². The van der Waals surface area contributed by atoms with Gasteiger partial charge in [0.05, 0.1) is 13.7 Å². The van der Waals surface area contributed by atoms with E-state index in [2.05, 4.69) is 9.97 Å². The maximum Gasteiger partial charge on any atom is 0.281 e. The molecule has 148 valence electrons. The summed E-state index contributed by atoms with van der Waals surface area (Å²) in [7, 11) is 1.57. The fourth-order valence-corrected chi connectivity index (χ4v) is 4.31. The highest BCUT2D eigenvalue weighted by Crippen LogP contribution is 2.28. The van der Waals surface area contributed by atoms with Gasteiger partial charge in [-0.2, -0.15) is 0 Å². The number of hydrogen-bond donors (Lipinski definition) is 0. The largest absolute Gasteiger partial charge is 0.497 e. The Balaban J connectivity index is 1.92. The number of thioether (sulfide) groups is 1. The van der Waals surface area contributed by atoms with Crippen molar-refractivity contribution < 1.29 is 13.5 Å². The number of ether oxygens (including phenoxy) is 1. The van der Waals surface area contributed by atoms with Gasteiger partial charge in [0, 0.05) is 5.56 Å². The van der Waals surface area contributed by atoms with Crippen molar-refractivity contribution in [1.82, 2.24) is 14.5 Å². The molecule has 0 spiro atoms. The number of rotatable bonds is 5. The van der Waals surface area contributed by atoms with E-state index in [-0.39, 0.29) is 23.4 Å². The molecule has 29 heavy (non-hydrogen) atoms.